The fourth-order valence-electron chi connectivity index (χ4n) is 2.29. The van der Waals surface area contributed by atoms with Crippen LogP contribution in [0.1, 0.15) is 47.5 Å². The van der Waals surface area contributed by atoms with Gasteiger partial charge in [-0.25, -0.2) is 4.79 Å². The highest BCUT2D eigenvalue weighted by Gasteiger charge is 2.30. The molecule has 1 saturated heterocycles. The minimum absolute atomic E-state index is 0.0397. The maximum absolute atomic E-state index is 12.2. The summed E-state index contributed by atoms with van der Waals surface area (Å²) in [5.74, 6) is 0.0301. The predicted octanol–water partition coefficient (Wildman–Crippen LogP) is 1.88. The van der Waals surface area contributed by atoms with Crippen LogP contribution in [-0.4, -0.2) is 60.0 Å². The Balaban J connectivity index is 2.35. The maximum atomic E-state index is 12.2. The van der Waals surface area contributed by atoms with Gasteiger partial charge in [-0.2, -0.15) is 0 Å². The van der Waals surface area contributed by atoms with E-state index in [1.165, 1.54) is 0 Å². The highest BCUT2D eigenvalue weighted by atomic mass is 35.5. The van der Waals surface area contributed by atoms with E-state index in [-0.39, 0.29) is 30.3 Å². The van der Waals surface area contributed by atoms with Gasteiger partial charge < -0.3 is 20.3 Å². The molecule has 1 aliphatic rings. The number of nitrogens with zero attached hydrogens (tertiary/aromatic N) is 1. The van der Waals surface area contributed by atoms with E-state index in [1.54, 1.807) is 39.5 Å². The molecule has 1 rings (SSSR count). The summed E-state index contributed by atoms with van der Waals surface area (Å²) in [6, 6.07) is 0.0397. The SMILES string of the molecule is CC(C)(C)OC(=O)NCC(=O)N1CCC(NC(=O)C(C)(C)CCl)CC1. The van der Waals surface area contributed by atoms with Crippen molar-refractivity contribution in [3.8, 4) is 0 Å². The number of carbonyl (C=O) groups is 3. The summed E-state index contributed by atoms with van der Waals surface area (Å²) in [5, 5.41) is 5.46. The zero-order chi connectivity index (χ0) is 19.3. The van der Waals surface area contributed by atoms with Gasteiger partial charge in [-0.05, 0) is 47.5 Å². The number of amides is 3. The van der Waals surface area contributed by atoms with Gasteiger partial charge in [0, 0.05) is 25.0 Å². The molecule has 0 atom stereocenters. The second-order valence-electron chi connectivity index (χ2n) is 8.00. The van der Waals surface area contributed by atoms with Gasteiger partial charge in [0.05, 0.1) is 5.41 Å². The van der Waals surface area contributed by atoms with Gasteiger partial charge in [-0.1, -0.05) is 0 Å². The zero-order valence-corrected chi connectivity index (χ0v) is 16.5. The molecule has 0 unspecified atom stereocenters. The fourth-order valence-corrected chi connectivity index (χ4v) is 2.41. The van der Waals surface area contributed by atoms with Crippen molar-refractivity contribution >= 4 is 29.5 Å². The minimum atomic E-state index is -0.605. The van der Waals surface area contributed by atoms with Crippen molar-refractivity contribution in [1.29, 1.82) is 0 Å². The van der Waals surface area contributed by atoms with Crippen LogP contribution in [-0.2, 0) is 14.3 Å². The number of hydrogen-bond acceptors (Lipinski definition) is 4. The van der Waals surface area contributed by atoms with E-state index < -0.39 is 17.1 Å². The Morgan fingerprint density at radius 3 is 2.16 bits per heavy atom. The first-order valence-electron chi connectivity index (χ1n) is 8.56. The van der Waals surface area contributed by atoms with Crippen LogP contribution in [0.3, 0.4) is 0 Å². The van der Waals surface area contributed by atoms with Gasteiger partial charge in [0.25, 0.3) is 0 Å². The molecule has 0 aromatic rings. The molecule has 8 heteroatoms. The summed E-state index contributed by atoms with van der Waals surface area (Å²) in [6.45, 7) is 9.89. The van der Waals surface area contributed by atoms with E-state index >= 15 is 0 Å². The molecule has 0 aromatic carbocycles. The molecular weight excluding hydrogens is 346 g/mol. The van der Waals surface area contributed by atoms with Gasteiger partial charge in [0.2, 0.25) is 11.8 Å². The van der Waals surface area contributed by atoms with Crippen molar-refractivity contribution in [3.05, 3.63) is 0 Å². The summed E-state index contributed by atoms with van der Waals surface area (Å²) in [6.07, 6.45) is 0.760. The lowest BCUT2D eigenvalue weighted by molar-refractivity contribution is -0.132. The van der Waals surface area contributed by atoms with Crippen molar-refractivity contribution in [2.75, 3.05) is 25.5 Å². The maximum Gasteiger partial charge on any atom is 0.408 e. The minimum Gasteiger partial charge on any atom is -0.444 e. The number of piperidine rings is 1. The van der Waals surface area contributed by atoms with E-state index in [4.69, 9.17) is 16.3 Å². The first kappa shape index (κ1) is 21.5. The number of ether oxygens (including phenoxy) is 1. The molecule has 0 saturated carbocycles. The first-order chi connectivity index (χ1) is 11.4. The highest BCUT2D eigenvalue weighted by molar-refractivity contribution is 6.19. The largest absolute Gasteiger partial charge is 0.444 e. The van der Waals surface area contributed by atoms with Crippen LogP contribution in [0.4, 0.5) is 4.79 Å². The van der Waals surface area contributed by atoms with Crippen molar-refractivity contribution in [3.63, 3.8) is 0 Å². The summed E-state index contributed by atoms with van der Waals surface area (Å²) in [4.78, 5) is 37.6. The van der Waals surface area contributed by atoms with Crippen molar-refractivity contribution in [1.82, 2.24) is 15.5 Å². The standard InChI is InChI=1S/C17H30ClN3O4/c1-16(2,3)25-15(24)19-10-13(22)21-8-6-12(7-9-21)20-14(23)17(4,5)11-18/h12H,6-11H2,1-5H3,(H,19,24)(H,20,23). The van der Waals surface area contributed by atoms with E-state index in [2.05, 4.69) is 10.6 Å². The number of likely N-dealkylation sites (tertiary alicyclic amines) is 1. The average Bonchev–Trinajstić information content (AvgIpc) is 2.51. The molecule has 2 N–H and O–H groups in total. The molecule has 1 heterocycles. The number of carbonyl (C=O) groups excluding carboxylic acids is 3. The summed E-state index contributed by atoms with van der Waals surface area (Å²) >= 11 is 5.81. The molecule has 25 heavy (non-hydrogen) atoms. The molecule has 0 spiro atoms. The van der Waals surface area contributed by atoms with Crippen LogP contribution >= 0.6 is 11.6 Å². The third-order valence-corrected chi connectivity index (χ3v) is 4.58. The Bertz CT molecular complexity index is 495. The highest BCUT2D eigenvalue weighted by Crippen LogP contribution is 2.19. The second kappa shape index (κ2) is 8.74. The van der Waals surface area contributed by atoms with E-state index in [9.17, 15) is 14.4 Å². The number of alkyl carbamates (subject to hydrolysis) is 1. The molecular formula is C17H30ClN3O4. The van der Waals surface area contributed by atoms with Crippen LogP contribution in [0.25, 0.3) is 0 Å². The first-order valence-corrected chi connectivity index (χ1v) is 9.09. The monoisotopic (exact) mass is 375 g/mol. The molecule has 0 bridgehead atoms. The van der Waals surface area contributed by atoms with Gasteiger partial charge in [-0.3, -0.25) is 9.59 Å². The summed E-state index contributed by atoms with van der Waals surface area (Å²) < 4.78 is 5.10. The molecule has 144 valence electrons. The van der Waals surface area contributed by atoms with Crippen LogP contribution in [0.2, 0.25) is 0 Å². The lowest BCUT2D eigenvalue weighted by Crippen LogP contribution is -2.51. The Kier molecular flexibility index (Phi) is 7.53. The Morgan fingerprint density at radius 2 is 1.68 bits per heavy atom. The van der Waals surface area contributed by atoms with Gasteiger partial charge in [-0.15, -0.1) is 11.6 Å². The van der Waals surface area contributed by atoms with Crippen molar-refractivity contribution in [2.45, 2.75) is 59.1 Å². The zero-order valence-electron chi connectivity index (χ0n) is 15.8. The lowest BCUT2D eigenvalue weighted by atomic mass is 9.93. The Hall–Kier alpha value is -1.50. The molecule has 1 fully saturated rings. The van der Waals surface area contributed by atoms with Crippen LogP contribution < -0.4 is 10.6 Å². The number of halogens is 1. The number of nitrogens with one attached hydrogen (secondary N) is 2. The topological polar surface area (TPSA) is 87.7 Å². The third-order valence-electron chi connectivity index (χ3n) is 3.91. The lowest BCUT2D eigenvalue weighted by Gasteiger charge is -2.34. The quantitative estimate of drug-likeness (QED) is 0.718. The third kappa shape index (κ3) is 7.50. The average molecular weight is 376 g/mol. The number of alkyl halides is 1. The Morgan fingerprint density at radius 1 is 1.12 bits per heavy atom. The van der Waals surface area contributed by atoms with E-state index in [0.29, 0.717) is 25.9 Å². The second-order valence-corrected chi connectivity index (χ2v) is 8.27. The van der Waals surface area contributed by atoms with Crippen LogP contribution in [0.15, 0.2) is 0 Å². The predicted molar refractivity (Wildman–Crippen MR) is 96.5 cm³/mol. The van der Waals surface area contributed by atoms with Crippen molar-refractivity contribution in [2.24, 2.45) is 5.41 Å². The van der Waals surface area contributed by atoms with Crippen molar-refractivity contribution < 1.29 is 19.1 Å². The van der Waals surface area contributed by atoms with Gasteiger partial charge in [0.15, 0.2) is 0 Å². The van der Waals surface area contributed by atoms with Gasteiger partial charge in [0.1, 0.15) is 12.1 Å². The fraction of sp³-hybridized carbons (Fsp3) is 0.824. The molecule has 0 aromatic heterocycles. The van der Waals surface area contributed by atoms with Crippen LogP contribution in [0, 0.1) is 5.41 Å². The summed E-state index contributed by atoms with van der Waals surface area (Å²) in [5.41, 5.74) is -1.20. The van der Waals surface area contributed by atoms with E-state index in [1.807, 2.05) is 0 Å². The van der Waals surface area contributed by atoms with E-state index in [0.717, 1.165) is 0 Å². The molecule has 3 amide bonds. The van der Waals surface area contributed by atoms with Gasteiger partial charge >= 0.3 is 6.09 Å². The molecule has 7 nitrogen and oxygen atoms in total. The normalized spacial score (nSPS) is 16.3. The Labute approximate surface area is 154 Å². The molecule has 1 aliphatic heterocycles. The number of hydrogen-bond donors (Lipinski definition) is 2. The molecule has 0 aliphatic carbocycles. The number of rotatable bonds is 5. The molecule has 0 radical (unpaired) electrons. The smallest absolute Gasteiger partial charge is 0.408 e. The van der Waals surface area contributed by atoms with Crippen LogP contribution in [0.5, 0.6) is 0 Å². The summed E-state index contributed by atoms with van der Waals surface area (Å²) in [7, 11) is 0.